The molecule has 1 saturated heterocycles. The highest BCUT2D eigenvalue weighted by Gasteiger charge is 2.33. The molecule has 1 fully saturated rings. The van der Waals surface area contributed by atoms with E-state index in [0.717, 1.165) is 12.1 Å². The summed E-state index contributed by atoms with van der Waals surface area (Å²) < 4.78 is 5.33. The summed E-state index contributed by atoms with van der Waals surface area (Å²) >= 11 is 0. The highest BCUT2D eigenvalue weighted by atomic mass is 16.5. The van der Waals surface area contributed by atoms with Crippen molar-refractivity contribution in [1.29, 1.82) is 0 Å². The van der Waals surface area contributed by atoms with Crippen molar-refractivity contribution >= 4 is 11.6 Å². The molecule has 20 heavy (non-hydrogen) atoms. The lowest BCUT2D eigenvalue weighted by Crippen LogP contribution is -2.53. The van der Waals surface area contributed by atoms with Crippen LogP contribution in [-0.2, 0) is 16.0 Å². The normalized spacial score (nSPS) is 25.8. The molecule has 2 atom stereocenters. The fourth-order valence-corrected chi connectivity index (χ4v) is 2.95. The second kappa shape index (κ2) is 5.81. The maximum atomic E-state index is 12.7. The number of aliphatic hydroxyl groups is 1. The fourth-order valence-electron chi connectivity index (χ4n) is 2.95. The molecular weight excluding hydrogens is 256 g/mol. The number of carbonyl (C=O) groups is 1. The van der Waals surface area contributed by atoms with Gasteiger partial charge < -0.3 is 20.1 Å². The third-order valence-corrected chi connectivity index (χ3v) is 4.09. The van der Waals surface area contributed by atoms with E-state index in [-0.39, 0.29) is 24.5 Å². The predicted molar refractivity (Wildman–Crippen MR) is 75.5 cm³/mol. The SMILES string of the molecule is O=C(C1CNc2ccccc2C1)N1CCOCC1CO. The number of hydrogen-bond donors (Lipinski definition) is 2. The van der Waals surface area contributed by atoms with E-state index in [2.05, 4.69) is 11.4 Å². The fraction of sp³-hybridized carbons (Fsp3) is 0.533. The number of ether oxygens (including phenoxy) is 1. The standard InChI is InChI=1S/C15H20N2O3/c18-9-13-10-20-6-5-17(13)15(19)12-7-11-3-1-2-4-14(11)16-8-12/h1-4,12-13,16,18H,5-10H2. The molecule has 5 nitrogen and oxygen atoms in total. The van der Waals surface area contributed by atoms with Gasteiger partial charge in [0.2, 0.25) is 5.91 Å². The van der Waals surface area contributed by atoms with Gasteiger partial charge in [-0.15, -0.1) is 0 Å². The number of benzene rings is 1. The van der Waals surface area contributed by atoms with Crippen molar-refractivity contribution in [2.75, 3.05) is 38.2 Å². The van der Waals surface area contributed by atoms with Crippen molar-refractivity contribution in [2.45, 2.75) is 12.5 Å². The van der Waals surface area contributed by atoms with Crippen molar-refractivity contribution in [1.82, 2.24) is 4.90 Å². The molecule has 1 amide bonds. The number of aliphatic hydroxyl groups excluding tert-OH is 1. The Morgan fingerprint density at radius 3 is 3.15 bits per heavy atom. The summed E-state index contributed by atoms with van der Waals surface area (Å²) in [5, 5.41) is 12.7. The molecule has 2 N–H and O–H groups in total. The molecule has 0 saturated carbocycles. The number of para-hydroxylation sites is 1. The van der Waals surface area contributed by atoms with E-state index in [1.54, 1.807) is 4.90 Å². The van der Waals surface area contributed by atoms with E-state index in [1.165, 1.54) is 5.56 Å². The molecule has 2 heterocycles. The van der Waals surface area contributed by atoms with Gasteiger partial charge in [0.15, 0.2) is 0 Å². The van der Waals surface area contributed by atoms with Gasteiger partial charge in [0.05, 0.1) is 31.8 Å². The number of anilines is 1. The highest BCUT2D eigenvalue weighted by Crippen LogP contribution is 2.26. The summed E-state index contributed by atoms with van der Waals surface area (Å²) in [5.74, 6) is 0.0615. The number of hydrogen-bond acceptors (Lipinski definition) is 4. The maximum Gasteiger partial charge on any atom is 0.228 e. The van der Waals surface area contributed by atoms with Gasteiger partial charge >= 0.3 is 0 Å². The van der Waals surface area contributed by atoms with E-state index >= 15 is 0 Å². The minimum Gasteiger partial charge on any atom is -0.394 e. The number of amides is 1. The second-order valence-electron chi connectivity index (χ2n) is 5.38. The van der Waals surface area contributed by atoms with E-state index in [1.807, 2.05) is 18.2 Å². The summed E-state index contributed by atoms with van der Waals surface area (Å²) in [4.78, 5) is 14.4. The summed E-state index contributed by atoms with van der Waals surface area (Å²) in [6, 6.07) is 7.90. The molecule has 1 aromatic carbocycles. The lowest BCUT2D eigenvalue weighted by Gasteiger charge is -2.38. The minimum absolute atomic E-state index is 0.0392. The molecular formula is C15H20N2O3. The van der Waals surface area contributed by atoms with Crippen LogP contribution in [-0.4, -0.2) is 54.9 Å². The number of nitrogens with one attached hydrogen (secondary N) is 1. The van der Waals surface area contributed by atoms with E-state index in [9.17, 15) is 9.90 Å². The largest absolute Gasteiger partial charge is 0.394 e. The van der Waals surface area contributed by atoms with Crippen LogP contribution in [0.3, 0.4) is 0 Å². The van der Waals surface area contributed by atoms with E-state index < -0.39 is 0 Å². The lowest BCUT2D eigenvalue weighted by molar-refractivity contribution is -0.145. The average Bonchev–Trinajstić information content (AvgIpc) is 2.53. The third-order valence-electron chi connectivity index (χ3n) is 4.09. The smallest absolute Gasteiger partial charge is 0.228 e. The monoisotopic (exact) mass is 276 g/mol. The zero-order chi connectivity index (χ0) is 13.9. The Hall–Kier alpha value is -1.59. The predicted octanol–water partition coefficient (Wildman–Crippen LogP) is 0.490. The molecule has 2 aliphatic heterocycles. The third kappa shape index (κ3) is 2.51. The van der Waals surface area contributed by atoms with Gasteiger partial charge in [-0.1, -0.05) is 18.2 Å². The van der Waals surface area contributed by atoms with Gasteiger partial charge in [-0.2, -0.15) is 0 Å². The zero-order valence-electron chi connectivity index (χ0n) is 11.4. The van der Waals surface area contributed by atoms with Crippen molar-refractivity contribution in [3.8, 4) is 0 Å². The Bertz CT molecular complexity index is 492. The zero-order valence-corrected chi connectivity index (χ0v) is 11.4. The van der Waals surface area contributed by atoms with Crippen molar-refractivity contribution < 1.29 is 14.6 Å². The number of fused-ring (bicyclic) bond motifs is 1. The number of carbonyl (C=O) groups excluding carboxylic acids is 1. The Morgan fingerprint density at radius 1 is 1.45 bits per heavy atom. The van der Waals surface area contributed by atoms with Crippen molar-refractivity contribution in [3.63, 3.8) is 0 Å². The molecule has 2 aliphatic rings. The molecule has 0 spiro atoms. The van der Waals surface area contributed by atoms with Gasteiger partial charge in [0.1, 0.15) is 0 Å². The number of nitrogens with zero attached hydrogens (tertiary/aromatic N) is 1. The Morgan fingerprint density at radius 2 is 2.30 bits per heavy atom. The highest BCUT2D eigenvalue weighted by molar-refractivity contribution is 5.81. The van der Waals surface area contributed by atoms with Crippen LogP contribution in [0.4, 0.5) is 5.69 Å². The van der Waals surface area contributed by atoms with Crippen molar-refractivity contribution in [2.24, 2.45) is 5.92 Å². The quantitative estimate of drug-likeness (QED) is 0.825. The minimum atomic E-state index is -0.201. The average molecular weight is 276 g/mol. The first-order valence-electron chi connectivity index (χ1n) is 7.10. The van der Waals surface area contributed by atoms with Crippen LogP contribution < -0.4 is 5.32 Å². The van der Waals surface area contributed by atoms with Crippen LogP contribution in [0.1, 0.15) is 5.56 Å². The van der Waals surface area contributed by atoms with E-state index in [0.29, 0.717) is 26.3 Å². The maximum absolute atomic E-state index is 12.7. The first kappa shape index (κ1) is 13.4. The molecule has 5 heteroatoms. The molecule has 2 unspecified atom stereocenters. The molecule has 0 aliphatic carbocycles. The van der Waals surface area contributed by atoms with Crippen LogP contribution >= 0.6 is 0 Å². The molecule has 0 bridgehead atoms. The van der Waals surface area contributed by atoms with Gasteiger partial charge in [0.25, 0.3) is 0 Å². The Kier molecular flexibility index (Phi) is 3.89. The summed E-state index contributed by atoms with van der Waals surface area (Å²) in [6.45, 7) is 2.17. The van der Waals surface area contributed by atoms with Crippen LogP contribution in [0.5, 0.6) is 0 Å². The summed E-state index contributed by atoms with van der Waals surface area (Å²) in [5.41, 5.74) is 2.31. The van der Waals surface area contributed by atoms with Crippen LogP contribution in [0.25, 0.3) is 0 Å². The topological polar surface area (TPSA) is 61.8 Å². The second-order valence-corrected chi connectivity index (χ2v) is 5.38. The molecule has 0 radical (unpaired) electrons. The number of rotatable bonds is 2. The first-order chi connectivity index (χ1) is 9.79. The van der Waals surface area contributed by atoms with Gasteiger partial charge in [-0.3, -0.25) is 4.79 Å². The van der Waals surface area contributed by atoms with Crippen LogP contribution in [0.15, 0.2) is 24.3 Å². The number of morpholine rings is 1. The van der Waals surface area contributed by atoms with Crippen molar-refractivity contribution in [3.05, 3.63) is 29.8 Å². The van der Waals surface area contributed by atoms with Crippen LogP contribution in [0.2, 0.25) is 0 Å². The summed E-state index contributed by atoms with van der Waals surface area (Å²) in [7, 11) is 0. The van der Waals surface area contributed by atoms with Gasteiger partial charge in [0, 0.05) is 18.8 Å². The van der Waals surface area contributed by atoms with E-state index in [4.69, 9.17) is 4.74 Å². The lowest BCUT2D eigenvalue weighted by atomic mass is 9.92. The first-order valence-corrected chi connectivity index (χ1v) is 7.10. The van der Waals surface area contributed by atoms with Crippen LogP contribution in [0, 0.1) is 5.92 Å². The molecule has 0 aromatic heterocycles. The van der Waals surface area contributed by atoms with Gasteiger partial charge in [-0.25, -0.2) is 0 Å². The molecule has 1 aromatic rings. The Balaban J connectivity index is 1.72. The summed E-state index contributed by atoms with van der Waals surface area (Å²) in [6.07, 6.45) is 0.761. The Labute approximate surface area is 118 Å². The van der Waals surface area contributed by atoms with Gasteiger partial charge in [-0.05, 0) is 18.1 Å². The molecule has 108 valence electrons. The molecule has 3 rings (SSSR count).